The molecule has 2 amide bonds. The van der Waals surface area contributed by atoms with Crippen molar-refractivity contribution < 1.29 is 14.3 Å². The molecule has 0 radical (unpaired) electrons. The third-order valence-electron chi connectivity index (χ3n) is 4.86. The van der Waals surface area contributed by atoms with Crippen LogP contribution in [0.4, 0.5) is 0 Å². The van der Waals surface area contributed by atoms with Gasteiger partial charge in [0.1, 0.15) is 11.8 Å². The molecule has 0 spiro atoms. The zero-order chi connectivity index (χ0) is 21.4. The summed E-state index contributed by atoms with van der Waals surface area (Å²) in [4.78, 5) is 26.9. The summed E-state index contributed by atoms with van der Waals surface area (Å²) in [6.45, 7) is 10.6. The Morgan fingerprint density at radius 2 is 1.76 bits per heavy atom. The number of benzene rings is 2. The quantitative estimate of drug-likeness (QED) is 0.696. The molecule has 0 aliphatic rings. The molecule has 29 heavy (non-hydrogen) atoms. The molecule has 1 atom stereocenters. The average molecular weight is 397 g/mol. The summed E-state index contributed by atoms with van der Waals surface area (Å²) < 4.78 is 5.71. The first kappa shape index (κ1) is 22.5. The van der Waals surface area contributed by atoms with Crippen LogP contribution in [0.2, 0.25) is 0 Å². The van der Waals surface area contributed by atoms with Crippen molar-refractivity contribution >= 4 is 11.8 Å². The van der Waals surface area contributed by atoms with Crippen LogP contribution >= 0.6 is 0 Å². The highest BCUT2D eigenvalue weighted by molar-refractivity contribution is 5.87. The van der Waals surface area contributed by atoms with Gasteiger partial charge in [-0.2, -0.15) is 0 Å². The maximum absolute atomic E-state index is 13.0. The first-order valence-corrected chi connectivity index (χ1v) is 10.2. The number of nitrogens with zero attached hydrogens (tertiary/aromatic N) is 1. The Kier molecular flexibility index (Phi) is 8.25. The van der Waals surface area contributed by atoms with Crippen LogP contribution in [0.3, 0.4) is 0 Å². The van der Waals surface area contributed by atoms with Crippen molar-refractivity contribution in [2.24, 2.45) is 0 Å². The summed E-state index contributed by atoms with van der Waals surface area (Å²) in [7, 11) is 0. The summed E-state index contributed by atoms with van der Waals surface area (Å²) in [5.74, 6) is 0.685. The lowest BCUT2D eigenvalue weighted by Gasteiger charge is -2.28. The van der Waals surface area contributed by atoms with E-state index in [2.05, 4.69) is 19.2 Å². The number of hydrogen-bond donors (Lipinski definition) is 1. The summed E-state index contributed by atoms with van der Waals surface area (Å²) in [5.41, 5.74) is 3.31. The van der Waals surface area contributed by atoms with Crippen LogP contribution in [0.5, 0.6) is 5.75 Å². The third kappa shape index (κ3) is 6.63. The van der Waals surface area contributed by atoms with Crippen LogP contribution in [0.1, 0.15) is 50.3 Å². The SMILES string of the molecule is CCNC(=O)[C@@H](C)N(Cc1cccc(C)c1)C(=O)COc1ccc(C(C)C)cc1. The molecule has 0 aromatic heterocycles. The Morgan fingerprint density at radius 3 is 2.34 bits per heavy atom. The van der Waals surface area contributed by atoms with Crippen LogP contribution in [-0.2, 0) is 16.1 Å². The largest absolute Gasteiger partial charge is 0.484 e. The third-order valence-corrected chi connectivity index (χ3v) is 4.86. The fourth-order valence-corrected chi connectivity index (χ4v) is 3.09. The average Bonchev–Trinajstić information content (AvgIpc) is 2.70. The molecule has 1 N–H and O–H groups in total. The van der Waals surface area contributed by atoms with Gasteiger partial charge in [-0.25, -0.2) is 0 Å². The Bertz CT molecular complexity index is 815. The molecule has 0 saturated carbocycles. The van der Waals surface area contributed by atoms with Crippen LogP contribution in [0.15, 0.2) is 48.5 Å². The smallest absolute Gasteiger partial charge is 0.261 e. The van der Waals surface area contributed by atoms with Crippen LogP contribution in [0, 0.1) is 6.92 Å². The number of ether oxygens (including phenoxy) is 1. The van der Waals surface area contributed by atoms with E-state index in [4.69, 9.17) is 4.74 Å². The fraction of sp³-hybridized carbons (Fsp3) is 0.417. The normalized spacial score (nSPS) is 11.8. The van der Waals surface area contributed by atoms with Crippen LogP contribution in [0.25, 0.3) is 0 Å². The molecule has 156 valence electrons. The maximum atomic E-state index is 13.0. The lowest BCUT2D eigenvalue weighted by atomic mass is 10.0. The van der Waals surface area contributed by atoms with Gasteiger partial charge in [0.15, 0.2) is 6.61 Å². The molecule has 0 unspecified atom stereocenters. The van der Waals surface area contributed by atoms with Gasteiger partial charge in [-0.3, -0.25) is 9.59 Å². The van der Waals surface area contributed by atoms with Gasteiger partial charge in [0.2, 0.25) is 5.91 Å². The highest BCUT2D eigenvalue weighted by Gasteiger charge is 2.26. The second-order valence-corrected chi connectivity index (χ2v) is 7.59. The molecule has 0 saturated heterocycles. The van der Waals surface area contributed by atoms with E-state index in [9.17, 15) is 9.59 Å². The molecule has 0 aliphatic carbocycles. The predicted molar refractivity (Wildman–Crippen MR) is 116 cm³/mol. The van der Waals surface area contributed by atoms with Crippen molar-refractivity contribution in [1.29, 1.82) is 0 Å². The van der Waals surface area contributed by atoms with Gasteiger partial charge in [-0.15, -0.1) is 0 Å². The Morgan fingerprint density at radius 1 is 1.07 bits per heavy atom. The molecule has 2 aromatic carbocycles. The first-order valence-electron chi connectivity index (χ1n) is 10.2. The van der Waals surface area contributed by atoms with E-state index in [-0.39, 0.29) is 18.4 Å². The van der Waals surface area contributed by atoms with E-state index in [1.807, 2.05) is 62.4 Å². The zero-order valence-corrected chi connectivity index (χ0v) is 18.1. The topological polar surface area (TPSA) is 58.6 Å². The van der Waals surface area contributed by atoms with E-state index in [0.717, 1.165) is 11.1 Å². The number of nitrogens with one attached hydrogen (secondary N) is 1. The van der Waals surface area contributed by atoms with E-state index >= 15 is 0 Å². The molecule has 2 aromatic rings. The lowest BCUT2D eigenvalue weighted by Crippen LogP contribution is -2.49. The number of hydrogen-bond acceptors (Lipinski definition) is 3. The zero-order valence-electron chi connectivity index (χ0n) is 18.1. The molecule has 2 rings (SSSR count). The summed E-state index contributed by atoms with van der Waals surface area (Å²) in [6, 6.07) is 15.1. The van der Waals surface area contributed by atoms with E-state index in [1.165, 1.54) is 5.56 Å². The van der Waals surface area contributed by atoms with Gasteiger partial charge in [0, 0.05) is 13.1 Å². The van der Waals surface area contributed by atoms with Gasteiger partial charge < -0.3 is 15.0 Å². The second-order valence-electron chi connectivity index (χ2n) is 7.59. The number of carbonyl (C=O) groups is 2. The summed E-state index contributed by atoms with van der Waals surface area (Å²) >= 11 is 0. The molecule has 5 nitrogen and oxygen atoms in total. The van der Waals surface area contributed by atoms with Gasteiger partial charge >= 0.3 is 0 Å². The molecule has 0 heterocycles. The molecule has 0 bridgehead atoms. The fourth-order valence-electron chi connectivity index (χ4n) is 3.09. The Hall–Kier alpha value is -2.82. The standard InChI is InChI=1S/C24H32N2O3/c1-6-25-24(28)19(5)26(15-20-9-7-8-18(4)14-20)23(27)16-29-22-12-10-21(11-13-22)17(2)3/h7-14,17,19H,6,15-16H2,1-5H3,(H,25,28)/t19-/m1/s1. The van der Waals surface area contributed by atoms with Crippen LogP contribution in [-0.4, -0.2) is 35.9 Å². The van der Waals surface area contributed by atoms with E-state index in [1.54, 1.807) is 11.8 Å². The van der Waals surface area contributed by atoms with Crippen molar-refractivity contribution in [3.63, 3.8) is 0 Å². The monoisotopic (exact) mass is 396 g/mol. The summed E-state index contributed by atoms with van der Waals surface area (Å²) in [5, 5.41) is 2.79. The Balaban J connectivity index is 2.11. The number of amides is 2. The van der Waals surface area contributed by atoms with Gasteiger partial charge in [0.05, 0.1) is 0 Å². The lowest BCUT2D eigenvalue weighted by molar-refractivity contribution is -0.142. The van der Waals surface area contributed by atoms with Crippen molar-refractivity contribution in [1.82, 2.24) is 10.2 Å². The first-order chi connectivity index (χ1) is 13.8. The highest BCUT2D eigenvalue weighted by Crippen LogP contribution is 2.19. The molecular weight excluding hydrogens is 364 g/mol. The van der Waals surface area contributed by atoms with Gasteiger partial charge in [-0.1, -0.05) is 55.8 Å². The number of aryl methyl sites for hydroxylation is 1. The minimum absolute atomic E-state index is 0.114. The minimum Gasteiger partial charge on any atom is -0.484 e. The number of likely N-dealkylation sites (N-methyl/N-ethyl adjacent to an activating group) is 1. The maximum Gasteiger partial charge on any atom is 0.261 e. The second kappa shape index (κ2) is 10.6. The number of rotatable bonds is 9. The van der Waals surface area contributed by atoms with Crippen molar-refractivity contribution in [2.75, 3.05) is 13.2 Å². The van der Waals surface area contributed by atoms with Gasteiger partial charge in [0.25, 0.3) is 5.91 Å². The molecule has 5 heteroatoms. The van der Waals surface area contributed by atoms with E-state index < -0.39 is 6.04 Å². The van der Waals surface area contributed by atoms with Crippen molar-refractivity contribution in [2.45, 2.75) is 53.1 Å². The molecular formula is C24H32N2O3. The summed E-state index contributed by atoms with van der Waals surface area (Å²) in [6.07, 6.45) is 0. The highest BCUT2D eigenvalue weighted by atomic mass is 16.5. The van der Waals surface area contributed by atoms with E-state index in [0.29, 0.717) is 24.8 Å². The minimum atomic E-state index is -0.588. The molecule has 0 fully saturated rings. The molecule has 0 aliphatic heterocycles. The van der Waals surface area contributed by atoms with Crippen LogP contribution < -0.4 is 10.1 Å². The van der Waals surface area contributed by atoms with Gasteiger partial charge in [-0.05, 0) is 49.9 Å². The van der Waals surface area contributed by atoms with Crippen molar-refractivity contribution in [3.8, 4) is 5.75 Å². The number of carbonyl (C=O) groups excluding carboxylic acids is 2. The van der Waals surface area contributed by atoms with Crippen molar-refractivity contribution in [3.05, 3.63) is 65.2 Å². The Labute approximate surface area is 174 Å². The predicted octanol–water partition coefficient (Wildman–Crippen LogP) is 4.05.